The number of amidine groups is 1. The lowest BCUT2D eigenvalue weighted by atomic mass is 10.1. The quantitative estimate of drug-likeness (QED) is 0.281. The second kappa shape index (κ2) is 9.02. The second-order valence-electron chi connectivity index (χ2n) is 8.63. The van der Waals surface area contributed by atoms with Crippen LogP contribution in [0.5, 0.6) is 0 Å². The molecule has 1 aliphatic heterocycles. The van der Waals surface area contributed by atoms with Crippen molar-refractivity contribution in [3.8, 4) is 17.1 Å². The molecule has 0 atom stereocenters. The van der Waals surface area contributed by atoms with Gasteiger partial charge in [-0.15, -0.1) is 0 Å². The lowest BCUT2D eigenvalue weighted by Crippen LogP contribution is -2.19. The predicted octanol–water partition coefficient (Wildman–Crippen LogP) is 6.79. The molecule has 1 saturated heterocycles. The monoisotopic (exact) mass is 490 g/mol. The third-order valence-electron chi connectivity index (χ3n) is 5.93. The highest BCUT2D eigenvalue weighted by Gasteiger charge is 2.26. The highest BCUT2D eigenvalue weighted by molar-refractivity contribution is 8.18. The molecular weight excluding hydrogens is 468 g/mol. The number of furan rings is 1. The summed E-state index contributed by atoms with van der Waals surface area (Å²) in [6, 6.07) is 25.8. The number of aryl methyl sites for hydroxylation is 2. The van der Waals surface area contributed by atoms with E-state index < -0.39 is 0 Å². The van der Waals surface area contributed by atoms with Crippen molar-refractivity contribution in [3.05, 3.63) is 107 Å². The number of thioether (sulfide) groups is 1. The minimum absolute atomic E-state index is 0.188. The van der Waals surface area contributed by atoms with Crippen LogP contribution in [0.25, 0.3) is 34.2 Å². The summed E-state index contributed by atoms with van der Waals surface area (Å²) < 4.78 is 7.92. The van der Waals surface area contributed by atoms with Gasteiger partial charge in [0.25, 0.3) is 5.91 Å². The van der Waals surface area contributed by atoms with Crippen LogP contribution < -0.4 is 5.32 Å². The van der Waals surface area contributed by atoms with Gasteiger partial charge in [0.2, 0.25) is 0 Å². The van der Waals surface area contributed by atoms with Crippen molar-refractivity contribution < 1.29 is 9.21 Å². The average Bonchev–Trinajstić information content (AvgIpc) is 3.58. The lowest BCUT2D eigenvalue weighted by Gasteiger charge is -2.02. The Morgan fingerprint density at radius 1 is 1.00 bits per heavy atom. The first-order valence-electron chi connectivity index (χ1n) is 11.5. The number of nitrogens with zero attached hydrogens (tertiary/aromatic N) is 3. The number of rotatable bonds is 4. The van der Waals surface area contributed by atoms with E-state index in [1.54, 1.807) is 4.68 Å². The molecule has 1 amide bonds. The van der Waals surface area contributed by atoms with Gasteiger partial charge in [-0.25, -0.2) is 9.67 Å². The molecule has 6 rings (SSSR count). The van der Waals surface area contributed by atoms with Crippen molar-refractivity contribution in [1.29, 1.82) is 0 Å². The average molecular weight is 491 g/mol. The summed E-state index contributed by atoms with van der Waals surface area (Å²) in [6.45, 7) is 4.06. The zero-order valence-corrected chi connectivity index (χ0v) is 20.5. The van der Waals surface area contributed by atoms with Gasteiger partial charge in [0.1, 0.15) is 11.3 Å². The largest absolute Gasteiger partial charge is 0.454 e. The van der Waals surface area contributed by atoms with Crippen LogP contribution in [0, 0.1) is 13.8 Å². The Kier molecular flexibility index (Phi) is 5.54. The van der Waals surface area contributed by atoms with E-state index in [1.807, 2.05) is 98.9 Å². The van der Waals surface area contributed by atoms with E-state index in [2.05, 4.69) is 16.4 Å². The molecule has 1 aliphatic rings. The highest BCUT2D eigenvalue weighted by Crippen LogP contribution is 2.34. The minimum atomic E-state index is -0.188. The Bertz CT molecular complexity index is 1650. The summed E-state index contributed by atoms with van der Waals surface area (Å²) in [6.07, 6.45) is 3.76. The van der Waals surface area contributed by atoms with E-state index >= 15 is 0 Å². The number of carbonyl (C=O) groups excluding carboxylic acids is 1. The van der Waals surface area contributed by atoms with Crippen molar-refractivity contribution >= 4 is 45.6 Å². The van der Waals surface area contributed by atoms with E-state index in [0.29, 0.717) is 21.5 Å². The van der Waals surface area contributed by atoms with Crippen molar-refractivity contribution in [1.82, 2.24) is 15.1 Å². The molecule has 1 fully saturated rings. The first-order chi connectivity index (χ1) is 17.5. The Labute approximate surface area is 212 Å². The highest BCUT2D eigenvalue weighted by atomic mass is 32.2. The van der Waals surface area contributed by atoms with Gasteiger partial charge in [-0.05, 0) is 67.6 Å². The Morgan fingerprint density at radius 2 is 1.81 bits per heavy atom. The molecule has 5 aromatic rings. The maximum atomic E-state index is 12.9. The van der Waals surface area contributed by atoms with E-state index in [-0.39, 0.29) is 5.91 Å². The molecule has 0 radical (unpaired) electrons. The molecule has 2 aromatic heterocycles. The normalized spacial score (nSPS) is 15.8. The molecule has 36 heavy (non-hydrogen) atoms. The Balaban J connectivity index is 1.41. The molecule has 6 nitrogen and oxygen atoms in total. The van der Waals surface area contributed by atoms with Crippen molar-refractivity contribution in [3.63, 3.8) is 0 Å². The first kappa shape index (κ1) is 22.1. The maximum Gasteiger partial charge on any atom is 0.264 e. The molecule has 3 aromatic carbocycles. The third-order valence-corrected chi connectivity index (χ3v) is 6.84. The van der Waals surface area contributed by atoms with Crippen LogP contribution in [-0.2, 0) is 4.79 Å². The van der Waals surface area contributed by atoms with Gasteiger partial charge in [-0.3, -0.25) is 4.79 Å². The molecule has 1 N–H and O–H groups in total. The SMILES string of the molecule is Cc1ccc(N=C2NC(=O)C(=Cc3cn(-c4ccccc4)nc3-c3cc4ccccc4o3)S2)c(C)c1. The number of hydrogen-bond acceptors (Lipinski definition) is 5. The van der Waals surface area contributed by atoms with Crippen LogP contribution >= 0.6 is 11.8 Å². The number of aromatic nitrogens is 2. The van der Waals surface area contributed by atoms with Gasteiger partial charge >= 0.3 is 0 Å². The van der Waals surface area contributed by atoms with Crippen molar-refractivity contribution in [2.75, 3.05) is 0 Å². The van der Waals surface area contributed by atoms with Crippen LogP contribution in [0.15, 0.2) is 99.4 Å². The number of para-hydroxylation sites is 2. The van der Waals surface area contributed by atoms with Crippen LogP contribution in [0.3, 0.4) is 0 Å². The van der Waals surface area contributed by atoms with E-state index in [9.17, 15) is 4.79 Å². The molecule has 0 spiro atoms. The molecule has 0 aliphatic carbocycles. The van der Waals surface area contributed by atoms with Crippen LogP contribution in [0.2, 0.25) is 0 Å². The molecule has 3 heterocycles. The fourth-order valence-corrected chi connectivity index (χ4v) is 4.98. The Hall–Kier alpha value is -4.36. The summed E-state index contributed by atoms with van der Waals surface area (Å²) in [5.41, 5.74) is 6.22. The van der Waals surface area contributed by atoms with Gasteiger partial charge in [-0.2, -0.15) is 5.10 Å². The number of amides is 1. The summed E-state index contributed by atoms with van der Waals surface area (Å²) in [5, 5.41) is 9.27. The van der Waals surface area contributed by atoms with Crippen molar-refractivity contribution in [2.24, 2.45) is 4.99 Å². The fraction of sp³-hybridized carbons (Fsp3) is 0.0690. The topological polar surface area (TPSA) is 72.4 Å². The Morgan fingerprint density at radius 3 is 2.61 bits per heavy atom. The number of hydrogen-bond donors (Lipinski definition) is 1. The van der Waals surface area contributed by atoms with Crippen LogP contribution in [0.4, 0.5) is 5.69 Å². The number of aliphatic imine (C=N–C) groups is 1. The fourth-order valence-electron chi connectivity index (χ4n) is 4.16. The van der Waals surface area contributed by atoms with Gasteiger partial charge in [0.05, 0.1) is 16.3 Å². The number of carbonyl (C=O) groups is 1. The minimum Gasteiger partial charge on any atom is -0.454 e. The van der Waals surface area contributed by atoms with Crippen LogP contribution in [-0.4, -0.2) is 20.9 Å². The van der Waals surface area contributed by atoms with Crippen LogP contribution in [0.1, 0.15) is 16.7 Å². The molecule has 0 bridgehead atoms. The van der Waals surface area contributed by atoms with E-state index in [4.69, 9.17) is 9.52 Å². The van der Waals surface area contributed by atoms with E-state index in [1.165, 1.54) is 17.3 Å². The standard InChI is InChI=1S/C29H22N4O2S/c1-18-12-13-23(19(2)14-18)30-29-31-28(34)26(36-29)16-21-17-33(22-9-4-3-5-10-22)32-27(21)25-15-20-8-6-7-11-24(20)35-25/h3-17H,1-2H3,(H,30,31,34). The second-order valence-corrected chi connectivity index (χ2v) is 9.66. The number of nitrogens with one attached hydrogen (secondary N) is 1. The summed E-state index contributed by atoms with van der Waals surface area (Å²) in [4.78, 5) is 18.1. The first-order valence-corrected chi connectivity index (χ1v) is 12.4. The summed E-state index contributed by atoms with van der Waals surface area (Å²) in [7, 11) is 0. The molecule has 0 unspecified atom stereocenters. The zero-order chi connectivity index (χ0) is 24.6. The molecule has 0 saturated carbocycles. The van der Waals surface area contributed by atoms with Gasteiger partial charge in [-0.1, -0.05) is 54.1 Å². The van der Waals surface area contributed by atoms with Gasteiger partial charge < -0.3 is 9.73 Å². The third kappa shape index (κ3) is 4.25. The smallest absolute Gasteiger partial charge is 0.264 e. The lowest BCUT2D eigenvalue weighted by molar-refractivity contribution is -0.115. The number of fused-ring (bicyclic) bond motifs is 1. The number of benzene rings is 3. The summed E-state index contributed by atoms with van der Waals surface area (Å²) >= 11 is 1.32. The van der Waals surface area contributed by atoms with Gasteiger partial charge in [0.15, 0.2) is 10.9 Å². The molecule has 176 valence electrons. The predicted molar refractivity (Wildman–Crippen MR) is 145 cm³/mol. The van der Waals surface area contributed by atoms with Gasteiger partial charge in [0, 0.05) is 17.1 Å². The summed E-state index contributed by atoms with van der Waals surface area (Å²) in [5.74, 6) is 0.455. The van der Waals surface area contributed by atoms with Crippen molar-refractivity contribution in [2.45, 2.75) is 13.8 Å². The zero-order valence-electron chi connectivity index (χ0n) is 19.7. The molecular formula is C29H22N4O2S. The van der Waals surface area contributed by atoms with E-state index in [0.717, 1.165) is 33.5 Å². The molecule has 7 heteroatoms. The maximum absolute atomic E-state index is 12.9.